The predicted octanol–water partition coefficient (Wildman–Crippen LogP) is 6.11. The Labute approximate surface area is 169 Å². The number of allylic oxidation sites excluding steroid dienone is 1. The van der Waals surface area contributed by atoms with E-state index in [1.807, 2.05) is 97.1 Å². The fourth-order valence-corrected chi connectivity index (χ4v) is 4.08. The van der Waals surface area contributed by atoms with Gasteiger partial charge in [0.1, 0.15) is 0 Å². The van der Waals surface area contributed by atoms with Crippen molar-refractivity contribution in [3.63, 3.8) is 0 Å². The number of benzene rings is 4. The zero-order valence-electron chi connectivity index (χ0n) is 15.8. The van der Waals surface area contributed by atoms with E-state index in [-0.39, 0.29) is 18.0 Å². The predicted molar refractivity (Wildman–Crippen MR) is 116 cm³/mol. The van der Waals surface area contributed by atoms with Crippen LogP contribution in [-0.2, 0) is 0 Å². The first-order valence-corrected chi connectivity index (χ1v) is 9.67. The average molecular weight is 374 g/mol. The highest BCUT2D eigenvalue weighted by Gasteiger charge is 2.31. The van der Waals surface area contributed by atoms with Gasteiger partial charge >= 0.3 is 0 Å². The second-order valence-corrected chi connectivity index (χ2v) is 7.26. The molecule has 2 heteroatoms. The third-order valence-corrected chi connectivity index (χ3v) is 5.47. The van der Waals surface area contributed by atoms with E-state index >= 15 is 0 Å². The highest BCUT2D eigenvalue weighted by molar-refractivity contribution is 6.27. The summed E-state index contributed by atoms with van der Waals surface area (Å²) in [6.07, 6.45) is 0.114. The van der Waals surface area contributed by atoms with Gasteiger partial charge in [-0.2, -0.15) is 0 Å². The molecule has 5 rings (SSSR count). The topological polar surface area (TPSA) is 34.1 Å². The lowest BCUT2D eigenvalue weighted by atomic mass is 9.79. The van der Waals surface area contributed by atoms with Crippen LogP contribution in [0.5, 0.6) is 0 Å². The van der Waals surface area contributed by atoms with Crippen molar-refractivity contribution in [1.82, 2.24) is 0 Å². The molecule has 0 aromatic heterocycles. The summed E-state index contributed by atoms with van der Waals surface area (Å²) < 4.78 is 0. The second-order valence-electron chi connectivity index (χ2n) is 7.26. The first-order chi connectivity index (χ1) is 14.2. The van der Waals surface area contributed by atoms with Crippen molar-refractivity contribution in [2.75, 3.05) is 0 Å². The summed E-state index contributed by atoms with van der Waals surface area (Å²) in [4.78, 5) is 26.6. The summed E-state index contributed by atoms with van der Waals surface area (Å²) in [5.74, 6) is -0.0715. The van der Waals surface area contributed by atoms with E-state index < -0.39 is 0 Å². The van der Waals surface area contributed by atoms with Gasteiger partial charge in [-0.25, -0.2) is 0 Å². The number of fused-ring (bicyclic) bond motifs is 2. The maximum absolute atomic E-state index is 13.6. The average Bonchev–Trinajstić information content (AvgIpc) is 2.78. The van der Waals surface area contributed by atoms with Crippen molar-refractivity contribution in [3.05, 3.63) is 125 Å². The molecule has 1 aliphatic rings. The van der Waals surface area contributed by atoms with Gasteiger partial charge in [-0.15, -0.1) is 0 Å². The standard InChI is InChI=1S/C27H18O2/c28-25-17-24(26(18-9-3-1-4-10-18)19-11-5-2-6-12-19)27(29)23-16-21-14-8-7-13-20(21)15-22(23)25/h1-16H,17H2. The molecule has 0 amide bonds. The Kier molecular flexibility index (Phi) is 4.18. The van der Waals surface area contributed by atoms with Crippen LogP contribution in [0.4, 0.5) is 0 Å². The number of hydrogen-bond acceptors (Lipinski definition) is 2. The van der Waals surface area contributed by atoms with Crippen molar-refractivity contribution in [3.8, 4) is 0 Å². The van der Waals surface area contributed by atoms with Gasteiger partial charge in [0.05, 0.1) is 0 Å². The molecule has 2 nitrogen and oxygen atoms in total. The lowest BCUT2D eigenvalue weighted by Crippen LogP contribution is -2.21. The number of rotatable bonds is 2. The van der Waals surface area contributed by atoms with E-state index in [2.05, 4.69) is 0 Å². The minimum absolute atomic E-state index is 0.00952. The lowest BCUT2D eigenvalue weighted by Gasteiger charge is -2.21. The summed E-state index contributed by atoms with van der Waals surface area (Å²) in [5.41, 5.74) is 4.31. The molecule has 4 aromatic carbocycles. The van der Waals surface area contributed by atoms with E-state index in [1.165, 1.54) is 0 Å². The summed E-state index contributed by atoms with van der Waals surface area (Å²) >= 11 is 0. The van der Waals surface area contributed by atoms with Crippen molar-refractivity contribution >= 4 is 27.9 Å². The van der Waals surface area contributed by atoms with Crippen LogP contribution in [0.3, 0.4) is 0 Å². The van der Waals surface area contributed by atoms with E-state index in [1.54, 1.807) is 0 Å². The van der Waals surface area contributed by atoms with Crippen molar-refractivity contribution < 1.29 is 9.59 Å². The maximum Gasteiger partial charge on any atom is 0.190 e. The number of carbonyl (C=O) groups excluding carboxylic acids is 2. The molecule has 29 heavy (non-hydrogen) atoms. The Morgan fingerprint density at radius 3 is 1.62 bits per heavy atom. The van der Waals surface area contributed by atoms with E-state index in [4.69, 9.17) is 0 Å². The van der Waals surface area contributed by atoms with Crippen LogP contribution in [0.15, 0.2) is 103 Å². The molecule has 0 bridgehead atoms. The zero-order chi connectivity index (χ0) is 19.8. The van der Waals surface area contributed by atoms with Gasteiger partial charge in [0, 0.05) is 23.1 Å². The Bertz CT molecular complexity index is 1240. The fraction of sp³-hybridized carbons (Fsp3) is 0.0370. The first kappa shape index (κ1) is 17.3. The van der Waals surface area contributed by atoms with Gasteiger partial charge in [0.2, 0.25) is 0 Å². The van der Waals surface area contributed by atoms with Gasteiger partial charge in [-0.3, -0.25) is 9.59 Å². The van der Waals surface area contributed by atoms with Crippen molar-refractivity contribution in [2.45, 2.75) is 6.42 Å². The molecule has 0 N–H and O–H groups in total. The summed E-state index contributed by atoms with van der Waals surface area (Å²) in [6.45, 7) is 0. The highest BCUT2D eigenvalue weighted by Crippen LogP contribution is 2.36. The van der Waals surface area contributed by atoms with Crippen LogP contribution >= 0.6 is 0 Å². The molecular formula is C27H18O2. The molecule has 0 aliphatic heterocycles. The SMILES string of the molecule is O=C1CC(=C(c2ccccc2)c2ccccc2)C(=O)c2cc3ccccc3cc21. The molecule has 0 heterocycles. The minimum atomic E-state index is -0.0620. The van der Waals surface area contributed by atoms with Gasteiger partial charge < -0.3 is 0 Å². The van der Waals surface area contributed by atoms with Gasteiger partial charge in [0.25, 0.3) is 0 Å². The van der Waals surface area contributed by atoms with Crippen LogP contribution in [0.1, 0.15) is 38.3 Å². The molecule has 4 aromatic rings. The Hall–Kier alpha value is -3.78. The Morgan fingerprint density at radius 1 is 0.586 bits per heavy atom. The zero-order valence-corrected chi connectivity index (χ0v) is 15.8. The van der Waals surface area contributed by atoms with Crippen LogP contribution in [0, 0.1) is 0 Å². The van der Waals surface area contributed by atoms with Crippen LogP contribution in [0.2, 0.25) is 0 Å². The van der Waals surface area contributed by atoms with E-state index in [9.17, 15) is 9.59 Å². The van der Waals surface area contributed by atoms with E-state index in [0.29, 0.717) is 16.7 Å². The number of carbonyl (C=O) groups is 2. The third kappa shape index (κ3) is 2.99. The fourth-order valence-electron chi connectivity index (χ4n) is 4.08. The molecule has 0 atom stereocenters. The molecule has 0 radical (unpaired) electrons. The van der Waals surface area contributed by atoms with E-state index in [0.717, 1.165) is 27.5 Å². The summed E-state index contributed by atoms with van der Waals surface area (Å²) in [6, 6.07) is 31.2. The van der Waals surface area contributed by atoms with Crippen molar-refractivity contribution in [2.24, 2.45) is 0 Å². The number of ketones is 2. The van der Waals surface area contributed by atoms with Gasteiger partial charge in [-0.05, 0) is 39.6 Å². The summed E-state index contributed by atoms with van der Waals surface area (Å²) in [5, 5.41) is 1.95. The highest BCUT2D eigenvalue weighted by atomic mass is 16.1. The molecule has 1 aliphatic carbocycles. The maximum atomic E-state index is 13.6. The minimum Gasteiger partial charge on any atom is -0.294 e. The molecule has 0 saturated heterocycles. The number of Topliss-reactive ketones (excluding diaryl/α,β-unsaturated/α-hetero) is 2. The quantitative estimate of drug-likeness (QED) is 0.397. The smallest absolute Gasteiger partial charge is 0.190 e. The molecular weight excluding hydrogens is 356 g/mol. The molecule has 138 valence electrons. The Morgan fingerprint density at radius 2 is 1.07 bits per heavy atom. The van der Waals surface area contributed by atoms with Gasteiger partial charge in [-0.1, -0.05) is 84.9 Å². The number of hydrogen-bond donors (Lipinski definition) is 0. The van der Waals surface area contributed by atoms with Crippen LogP contribution in [-0.4, -0.2) is 11.6 Å². The van der Waals surface area contributed by atoms with Crippen LogP contribution in [0.25, 0.3) is 16.3 Å². The first-order valence-electron chi connectivity index (χ1n) is 9.67. The summed E-state index contributed by atoms with van der Waals surface area (Å²) in [7, 11) is 0. The largest absolute Gasteiger partial charge is 0.294 e. The second kappa shape index (κ2) is 6.99. The molecule has 0 fully saturated rings. The molecule has 0 saturated carbocycles. The lowest BCUT2D eigenvalue weighted by molar-refractivity contribution is 0.0936. The third-order valence-electron chi connectivity index (χ3n) is 5.47. The van der Waals surface area contributed by atoms with Crippen LogP contribution < -0.4 is 0 Å². The Balaban J connectivity index is 1.78. The van der Waals surface area contributed by atoms with Gasteiger partial charge in [0.15, 0.2) is 11.6 Å². The molecule has 0 unspecified atom stereocenters. The monoisotopic (exact) mass is 374 g/mol. The molecule has 0 spiro atoms. The normalized spacial score (nSPS) is 13.4. The van der Waals surface area contributed by atoms with Crippen molar-refractivity contribution in [1.29, 1.82) is 0 Å².